The molecule has 0 spiro atoms. The number of benzene rings is 1. The summed E-state index contributed by atoms with van der Waals surface area (Å²) in [5, 5.41) is 0. The minimum absolute atomic E-state index is 0.0769. The van der Waals surface area contributed by atoms with Crippen LogP contribution in [0.2, 0.25) is 0 Å². The summed E-state index contributed by atoms with van der Waals surface area (Å²) in [5.74, 6) is -0.0769. The van der Waals surface area contributed by atoms with E-state index in [-0.39, 0.29) is 17.1 Å². The molecule has 20 heavy (non-hydrogen) atoms. The van der Waals surface area contributed by atoms with Gasteiger partial charge in [-0.25, -0.2) is 0 Å². The summed E-state index contributed by atoms with van der Waals surface area (Å²) in [6.45, 7) is 9.03. The van der Waals surface area contributed by atoms with Crippen LogP contribution in [0.1, 0.15) is 38.1 Å². The van der Waals surface area contributed by atoms with Gasteiger partial charge in [0.15, 0.2) is 0 Å². The van der Waals surface area contributed by atoms with E-state index in [1.807, 2.05) is 27.7 Å². The molecule has 0 saturated carbocycles. The minimum Gasteiger partial charge on any atom is -0.399 e. The lowest BCUT2D eigenvalue weighted by molar-refractivity contribution is -0.171. The van der Waals surface area contributed by atoms with Gasteiger partial charge in [-0.3, -0.25) is 4.79 Å². The van der Waals surface area contributed by atoms with Crippen molar-refractivity contribution < 1.29 is 9.53 Å². The van der Waals surface area contributed by atoms with Gasteiger partial charge >= 0.3 is 0 Å². The van der Waals surface area contributed by atoms with E-state index in [2.05, 4.69) is 0 Å². The van der Waals surface area contributed by atoms with Crippen LogP contribution in [0.4, 0.5) is 11.4 Å². The molecule has 1 heterocycles. The molecule has 1 aromatic rings. The van der Waals surface area contributed by atoms with Crippen molar-refractivity contribution in [1.82, 2.24) is 4.90 Å². The second-order valence-corrected chi connectivity index (χ2v) is 6.63. The zero-order valence-electron chi connectivity index (χ0n) is 12.6. The monoisotopic (exact) mass is 277 g/mol. The van der Waals surface area contributed by atoms with E-state index in [4.69, 9.17) is 16.2 Å². The number of rotatable bonds is 1. The van der Waals surface area contributed by atoms with E-state index in [9.17, 15) is 4.79 Å². The Morgan fingerprint density at radius 1 is 1.15 bits per heavy atom. The van der Waals surface area contributed by atoms with E-state index < -0.39 is 0 Å². The molecule has 0 unspecified atom stereocenters. The number of nitrogen functional groups attached to an aromatic ring is 2. The zero-order valence-corrected chi connectivity index (χ0v) is 12.6. The maximum Gasteiger partial charge on any atom is 0.256 e. The van der Waals surface area contributed by atoms with Crippen molar-refractivity contribution in [3.63, 3.8) is 0 Å². The number of morpholine rings is 1. The second kappa shape index (κ2) is 4.66. The quantitative estimate of drug-likeness (QED) is 0.768. The van der Waals surface area contributed by atoms with Gasteiger partial charge in [0, 0.05) is 24.5 Å². The highest BCUT2D eigenvalue weighted by molar-refractivity contribution is 5.99. The predicted molar refractivity (Wildman–Crippen MR) is 80.4 cm³/mol. The molecule has 4 N–H and O–H groups in total. The zero-order chi connectivity index (χ0) is 15.1. The summed E-state index contributed by atoms with van der Waals surface area (Å²) in [5.41, 5.74) is 12.3. The number of hydrogen-bond donors (Lipinski definition) is 2. The second-order valence-electron chi connectivity index (χ2n) is 6.63. The van der Waals surface area contributed by atoms with Crippen LogP contribution in [0.5, 0.6) is 0 Å². The number of anilines is 2. The lowest BCUT2D eigenvalue weighted by Crippen LogP contribution is -2.58. The highest BCUT2D eigenvalue weighted by atomic mass is 16.5. The van der Waals surface area contributed by atoms with Crippen molar-refractivity contribution in [2.75, 3.05) is 24.6 Å². The fourth-order valence-corrected chi connectivity index (χ4v) is 2.88. The number of ether oxygens (including phenoxy) is 1. The first-order chi connectivity index (χ1) is 9.10. The Labute approximate surface area is 119 Å². The van der Waals surface area contributed by atoms with E-state index in [1.54, 1.807) is 23.1 Å². The Kier molecular flexibility index (Phi) is 3.42. The molecule has 110 valence electrons. The molecule has 0 atom stereocenters. The molecule has 5 heteroatoms. The standard InChI is InChI=1S/C15H23N3O2/c1-14(2)8-18(9-15(3,4)20-14)13(19)11-6-5-10(16)7-12(11)17/h5-7H,8-9,16-17H2,1-4H3. The molecule has 0 aliphatic carbocycles. The molecule has 1 aliphatic rings. The summed E-state index contributed by atoms with van der Waals surface area (Å²) in [6, 6.07) is 4.99. The number of carbonyl (C=O) groups excluding carboxylic acids is 1. The van der Waals surface area contributed by atoms with Crippen LogP contribution in [0.3, 0.4) is 0 Å². The van der Waals surface area contributed by atoms with Crippen LogP contribution < -0.4 is 11.5 Å². The van der Waals surface area contributed by atoms with E-state index in [0.29, 0.717) is 30.0 Å². The van der Waals surface area contributed by atoms with Gasteiger partial charge in [0.25, 0.3) is 5.91 Å². The Hall–Kier alpha value is -1.75. The lowest BCUT2D eigenvalue weighted by Gasteiger charge is -2.47. The summed E-state index contributed by atoms with van der Waals surface area (Å²) < 4.78 is 5.98. The number of nitrogens with two attached hydrogens (primary N) is 2. The number of hydrogen-bond acceptors (Lipinski definition) is 4. The van der Waals surface area contributed by atoms with Gasteiger partial charge in [-0.2, -0.15) is 0 Å². The van der Waals surface area contributed by atoms with Gasteiger partial charge in [0.1, 0.15) is 0 Å². The van der Waals surface area contributed by atoms with E-state index in [0.717, 1.165) is 0 Å². The molecule has 0 aromatic heterocycles. The number of nitrogens with zero attached hydrogens (tertiary/aromatic N) is 1. The maximum atomic E-state index is 12.7. The Balaban J connectivity index is 2.28. The van der Waals surface area contributed by atoms with Crippen molar-refractivity contribution in [2.24, 2.45) is 0 Å². The smallest absolute Gasteiger partial charge is 0.256 e. The van der Waals surface area contributed by atoms with Crippen LogP contribution in [-0.4, -0.2) is 35.1 Å². The van der Waals surface area contributed by atoms with Crippen LogP contribution >= 0.6 is 0 Å². The first-order valence-corrected chi connectivity index (χ1v) is 6.74. The number of carbonyl (C=O) groups is 1. The predicted octanol–water partition coefficient (Wildman–Crippen LogP) is 1.88. The van der Waals surface area contributed by atoms with Crippen LogP contribution in [0, 0.1) is 0 Å². The third-order valence-corrected chi connectivity index (χ3v) is 3.29. The first kappa shape index (κ1) is 14.7. The van der Waals surface area contributed by atoms with E-state index in [1.165, 1.54) is 0 Å². The minimum atomic E-state index is -0.375. The Morgan fingerprint density at radius 2 is 1.70 bits per heavy atom. The first-order valence-electron chi connectivity index (χ1n) is 6.74. The van der Waals surface area contributed by atoms with Crippen molar-refractivity contribution >= 4 is 17.3 Å². The molecule has 1 saturated heterocycles. The molecule has 1 amide bonds. The van der Waals surface area contributed by atoms with Crippen molar-refractivity contribution in [3.8, 4) is 0 Å². The average molecular weight is 277 g/mol. The maximum absolute atomic E-state index is 12.7. The normalized spacial score (nSPS) is 20.7. The molecule has 0 bridgehead atoms. The highest BCUT2D eigenvalue weighted by Crippen LogP contribution is 2.29. The SMILES string of the molecule is CC1(C)CN(C(=O)c2ccc(N)cc2N)CC(C)(C)O1. The van der Waals surface area contributed by atoms with Gasteiger partial charge < -0.3 is 21.1 Å². The largest absolute Gasteiger partial charge is 0.399 e. The molecule has 5 nitrogen and oxygen atoms in total. The molecule has 0 radical (unpaired) electrons. The van der Waals surface area contributed by atoms with Gasteiger partial charge in [-0.15, -0.1) is 0 Å². The van der Waals surface area contributed by atoms with Crippen molar-refractivity contribution in [3.05, 3.63) is 23.8 Å². The molecule has 1 aliphatic heterocycles. The van der Waals surface area contributed by atoms with E-state index >= 15 is 0 Å². The lowest BCUT2D eigenvalue weighted by atomic mass is 9.98. The van der Waals surface area contributed by atoms with Crippen molar-refractivity contribution in [2.45, 2.75) is 38.9 Å². The third kappa shape index (κ3) is 3.04. The fraction of sp³-hybridized carbons (Fsp3) is 0.533. The summed E-state index contributed by atoms with van der Waals surface area (Å²) in [7, 11) is 0. The summed E-state index contributed by atoms with van der Waals surface area (Å²) in [4.78, 5) is 14.5. The molecular formula is C15H23N3O2. The fourth-order valence-electron chi connectivity index (χ4n) is 2.88. The van der Waals surface area contributed by atoms with Crippen LogP contribution in [-0.2, 0) is 4.74 Å². The molecule has 2 rings (SSSR count). The molecular weight excluding hydrogens is 254 g/mol. The third-order valence-electron chi connectivity index (χ3n) is 3.29. The van der Waals surface area contributed by atoms with Gasteiger partial charge in [-0.1, -0.05) is 0 Å². The number of amides is 1. The summed E-state index contributed by atoms with van der Waals surface area (Å²) >= 11 is 0. The topological polar surface area (TPSA) is 81.6 Å². The van der Waals surface area contributed by atoms with Crippen molar-refractivity contribution in [1.29, 1.82) is 0 Å². The Morgan fingerprint density at radius 3 is 2.20 bits per heavy atom. The van der Waals surface area contributed by atoms with Crippen LogP contribution in [0.25, 0.3) is 0 Å². The van der Waals surface area contributed by atoms with Gasteiger partial charge in [-0.05, 0) is 45.9 Å². The average Bonchev–Trinajstić information content (AvgIpc) is 2.23. The van der Waals surface area contributed by atoms with Crippen LogP contribution in [0.15, 0.2) is 18.2 Å². The Bertz CT molecular complexity index is 522. The highest BCUT2D eigenvalue weighted by Gasteiger charge is 2.40. The molecule has 1 fully saturated rings. The summed E-state index contributed by atoms with van der Waals surface area (Å²) in [6.07, 6.45) is 0. The van der Waals surface area contributed by atoms with Gasteiger partial charge in [0.2, 0.25) is 0 Å². The molecule has 1 aromatic carbocycles. The van der Waals surface area contributed by atoms with Gasteiger partial charge in [0.05, 0.1) is 16.8 Å².